The van der Waals surface area contributed by atoms with Gasteiger partial charge in [-0.1, -0.05) is 77.6 Å². The lowest BCUT2D eigenvalue weighted by molar-refractivity contribution is -0.246. The molecule has 3 atom stereocenters. The molecule has 0 spiro atoms. The Morgan fingerprint density at radius 3 is 2.04 bits per heavy atom. The fourth-order valence-corrected chi connectivity index (χ4v) is 4.51. The van der Waals surface area contributed by atoms with Crippen molar-refractivity contribution in [2.45, 2.75) is 128 Å². The van der Waals surface area contributed by atoms with Crippen LogP contribution in [0.15, 0.2) is 0 Å². The minimum absolute atomic E-state index is 0.125. The summed E-state index contributed by atoms with van der Waals surface area (Å²) >= 11 is 0. The van der Waals surface area contributed by atoms with Crippen molar-refractivity contribution in [2.75, 3.05) is 19.8 Å². The first-order chi connectivity index (χ1) is 13.1. The monoisotopic (exact) mass is 382 g/mol. The van der Waals surface area contributed by atoms with Gasteiger partial charge in [0.2, 0.25) is 0 Å². The van der Waals surface area contributed by atoms with Crippen LogP contribution in [0.4, 0.5) is 0 Å². The molecule has 0 aliphatic carbocycles. The highest BCUT2D eigenvalue weighted by molar-refractivity contribution is 4.95. The van der Waals surface area contributed by atoms with Gasteiger partial charge in [0.1, 0.15) is 6.10 Å². The van der Waals surface area contributed by atoms with Crippen molar-refractivity contribution in [3.63, 3.8) is 0 Å². The van der Waals surface area contributed by atoms with Crippen LogP contribution in [0.1, 0.15) is 111 Å². The molecule has 160 valence electrons. The number of ether oxygens (including phenoxy) is 3. The third-order valence-corrected chi connectivity index (χ3v) is 6.40. The Kier molecular flexibility index (Phi) is 11.3. The average molecular weight is 383 g/mol. The summed E-state index contributed by atoms with van der Waals surface area (Å²) in [5.74, 6) is 0.788. The molecule has 2 aliphatic rings. The van der Waals surface area contributed by atoms with Gasteiger partial charge in [0, 0.05) is 12.5 Å². The van der Waals surface area contributed by atoms with E-state index < -0.39 is 0 Å². The van der Waals surface area contributed by atoms with Gasteiger partial charge in [-0.3, -0.25) is 0 Å². The van der Waals surface area contributed by atoms with Gasteiger partial charge in [0.05, 0.1) is 24.9 Å². The number of hydrogen-bond acceptors (Lipinski definition) is 3. The predicted molar refractivity (Wildman–Crippen MR) is 113 cm³/mol. The van der Waals surface area contributed by atoms with E-state index in [1.807, 2.05) is 0 Å². The van der Waals surface area contributed by atoms with Crippen molar-refractivity contribution in [3.8, 4) is 0 Å². The second kappa shape index (κ2) is 13.2. The van der Waals surface area contributed by atoms with E-state index in [0.29, 0.717) is 12.2 Å². The summed E-state index contributed by atoms with van der Waals surface area (Å²) in [6, 6.07) is 0. The quantitative estimate of drug-likeness (QED) is 0.196. The average Bonchev–Trinajstić information content (AvgIpc) is 3.45. The normalized spacial score (nSPS) is 26.1. The molecule has 0 N–H and O–H groups in total. The van der Waals surface area contributed by atoms with Crippen molar-refractivity contribution in [3.05, 3.63) is 0 Å². The van der Waals surface area contributed by atoms with Crippen LogP contribution in [-0.4, -0.2) is 37.6 Å². The van der Waals surface area contributed by atoms with E-state index in [2.05, 4.69) is 20.8 Å². The van der Waals surface area contributed by atoms with Gasteiger partial charge in [-0.2, -0.15) is 0 Å². The number of rotatable bonds is 18. The molecule has 27 heavy (non-hydrogen) atoms. The van der Waals surface area contributed by atoms with Crippen LogP contribution in [0, 0.1) is 5.92 Å². The fraction of sp³-hybridized carbons (Fsp3) is 1.00. The fourth-order valence-electron chi connectivity index (χ4n) is 4.51. The predicted octanol–water partition coefficient (Wildman–Crippen LogP) is 6.68. The van der Waals surface area contributed by atoms with Crippen LogP contribution >= 0.6 is 0 Å². The lowest BCUT2D eigenvalue weighted by atomic mass is 9.74. The van der Waals surface area contributed by atoms with Crippen molar-refractivity contribution in [2.24, 2.45) is 5.92 Å². The van der Waals surface area contributed by atoms with Crippen molar-refractivity contribution in [1.82, 2.24) is 0 Å². The SMILES string of the molecule is CCCCCCCCC1C(CCCCCCCCOCC2CO2)OC1(C)C. The molecule has 2 rings (SSSR count). The van der Waals surface area contributed by atoms with Crippen molar-refractivity contribution >= 4 is 0 Å². The molecule has 0 saturated carbocycles. The zero-order valence-electron chi connectivity index (χ0n) is 18.5. The van der Waals surface area contributed by atoms with Gasteiger partial charge >= 0.3 is 0 Å². The molecule has 3 heteroatoms. The lowest BCUT2D eigenvalue weighted by Gasteiger charge is -2.52. The summed E-state index contributed by atoms with van der Waals surface area (Å²) < 4.78 is 16.9. The summed E-state index contributed by atoms with van der Waals surface area (Å²) in [5.41, 5.74) is 0.125. The number of unbranched alkanes of at least 4 members (excludes halogenated alkanes) is 10. The first-order valence-electron chi connectivity index (χ1n) is 12.0. The maximum absolute atomic E-state index is 6.20. The third kappa shape index (κ3) is 9.76. The summed E-state index contributed by atoms with van der Waals surface area (Å²) in [6.07, 6.45) is 19.9. The Balaban J connectivity index is 1.40. The van der Waals surface area contributed by atoms with E-state index in [9.17, 15) is 0 Å². The summed E-state index contributed by atoms with van der Waals surface area (Å²) in [4.78, 5) is 0. The van der Waals surface area contributed by atoms with Gasteiger partial charge in [0.15, 0.2) is 0 Å². The van der Waals surface area contributed by atoms with Gasteiger partial charge < -0.3 is 14.2 Å². The van der Waals surface area contributed by atoms with E-state index in [0.717, 1.165) is 25.7 Å². The summed E-state index contributed by atoms with van der Waals surface area (Å²) in [5, 5.41) is 0. The zero-order valence-corrected chi connectivity index (χ0v) is 18.5. The Bertz CT molecular complexity index is 365. The second-order valence-corrected chi connectivity index (χ2v) is 9.36. The van der Waals surface area contributed by atoms with Crippen molar-refractivity contribution in [1.29, 1.82) is 0 Å². The highest BCUT2D eigenvalue weighted by atomic mass is 16.6. The van der Waals surface area contributed by atoms with Crippen LogP contribution in [0.25, 0.3) is 0 Å². The molecule has 2 heterocycles. The van der Waals surface area contributed by atoms with E-state index >= 15 is 0 Å². The molecule has 0 bridgehead atoms. The topological polar surface area (TPSA) is 31.0 Å². The van der Waals surface area contributed by atoms with Crippen LogP contribution in [0.2, 0.25) is 0 Å². The molecule has 2 aliphatic heterocycles. The molecule has 0 aromatic carbocycles. The standard InChI is InChI=1S/C24H46O3/c1-4-5-6-7-10-13-16-22-23(27-24(22,2)3)17-14-11-8-9-12-15-18-25-19-21-20-26-21/h21-23H,4-20H2,1-3H3. The second-order valence-electron chi connectivity index (χ2n) is 9.36. The van der Waals surface area contributed by atoms with Gasteiger partial charge in [-0.05, 0) is 33.1 Å². The van der Waals surface area contributed by atoms with E-state index in [4.69, 9.17) is 14.2 Å². The van der Waals surface area contributed by atoms with Crippen LogP contribution in [0.3, 0.4) is 0 Å². The Morgan fingerprint density at radius 2 is 1.41 bits per heavy atom. The first-order valence-corrected chi connectivity index (χ1v) is 12.0. The van der Waals surface area contributed by atoms with Crippen LogP contribution < -0.4 is 0 Å². The molecule has 2 fully saturated rings. The summed E-state index contributed by atoms with van der Waals surface area (Å²) in [7, 11) is 0. The van der Waals surface area contributed by atoms with E-state index in [1.165, 1.54) is 89.9 Å². The maximum Gasteiger partial charge on any atom is 0.104 e. The minimum atomic E-state index is 0.125. The number of hydrogen-bond donors (Lipinski definition) is 0. The Morgan fingerprint density at radius 1 is 0.815 bits per heavy atom. The smallest absolute Gasteiger partial charge is 0.104 e. The Hall–Kier alpha value is -0.120. The van der Waals surface area contributed by atoms with Gasteiger partial charge in [0.25, 0.3) is 0 Å². The molecule has 3 nitrogen and oxygen atoms in total. The van der Waals surface area contributed by atoms with Crippen LogP contribution in [0.5, 0.6) is 0 Å². The molecule has 2 saturated heterocycles. The zero-order chi connectivity index (χ0) is 19.4. The third-order valence-electron chi connectivity index (χ3n) is 6.40. The van der Waals surface area contributed by atoms with E-state index in [-0.39, 0.29) is 5.60 Å². The van der Waals surface area contributed by atoms with E-state index in [1.54, 1.807) is 0 Å². The molecule has 0 amide bonds. The molecule has 0 aromatic rings. The first kappa shape index (κ1) is 23.2. The lowest BCUT2D eigenvalue weighted by Crippen LogP contribution is -2.56. The minimum Gasteiger partial charge on any atom is -0.379 e. The largest absolute Gasteiger partial charge is 0.379 e. The molecular weight excluding hydrogens is 336 g/mol. The molecule has 3 unspecified atom stereocenters. The van der Waals surface area contributed by atoms with Crippen LogP contribution in [-0.2, 0) is 14.2 Å². The van der Waals surface area contributed by atoms with Gasteiger partial charge in [-0.15, -0.1) is 0 Å². The highest BCUT2D eigenvalue weighted by Gasteiger charge is 2.47. The molecule has 0 aromatic heterocycles. The highest BCUT2D eigenvalue weighted by Crippen LogP contribution is 2.44. The summed E-state index contributed by atoms with van der Waals surface area (Å²) in [6.45, 7) is 9.49. The number of epoxide rings is 1. The maximum atomic E-state index is 6.20. The Labute approximate surface area is 168 Å². The molecule has 0 radical (unpaired) electrons. The van der Waals surface area contributed by atoms with Crippen molar-refractivity contribution < 1.29 is 14.2 Å². The molecular formula is C24H46O3. The van der Waals surface area contributed by atoms with Gasteiger partial charge in [-0.25, -0.2) is 0 Å².